The number of carbonyl (C=O) groups is 2. The fourth-order valence-corrected chi connectivity index (χ4v) is 6.77. The Bertz CT molecular complexity index is 1720. The number of amides is 2. The number of unbranched alkanes of at least 4 members (excludes halogenated alkanes) is 1. The summed E-state index contributed by atoms with van der Waals surface area (Å²) in [6.07, 6.45) is 1.93. The molecule has 0 saturated heterocycles. The molecule has 0 aromatic heterocycles. The number of carbonyl (C=O) groups excluding carboxylic acids is 2. The number of anilines is 1. The maximum Gasteiger partial charge on any atom is 0.264 e. The SMILES string of the molecule is CCCCNC(=O)C(Cc1ccccc1)N(Cc1ccc(Br)cc1)C(=O)CN(c1ccccc1)S(=O)(=O)c1ccc(OC)c(OC)c1. The van der Waals surface area contributed by atoms with Crippen LogP contribution in [0.3, 0.4) is 0 Å². The van der Waals surface area contributed by atoms with Gasteiger partial charge in [-0.3, -0.25) is 13.9 Å². The van der Waals surface area contributed by atoms with Crippen LogP contribution in [0.1, 0.15) is 30.9 Å². The molecule has 0 aliphatic rings. The molecule has 0 saturated carbocycles. The first-order valence-electron chi connectivity index (χ1n) is 15.3. The molecule has 0 radical (unpaired) electrons. The average Bonchev–Trinajstić information content (AvgIpc) is 3.09. The van der Waals surface area contributed by atoms with Gasteiger partial charge in [-0.1, -0.05) is 89.9 Å². The van der Waals surface area contributed by atoms with Crippen LogP contribution < -0.4 is 19.1 Å². The minimum absolute atomic E-state index is 0.0793. The van der Waals surface area contributed by atoms with E-state index in [9.17, 15) is 18.0 Å². The summed E-state index contributed by atoms with van der Waals surface area (Å²) in [7, 11) is -1.41. The molecule has 11 heteroatoms. The minimum Gasteiger partial charge on any atom is -0.493 e. The highest BCUT2D eigenvalue weighted by Gasteiger charge is 2.35. The van der Waals surface area contributed by atoms with Crippen molar-refractivity contribution < 1.29 is 27.5 Å². The molecular weight excluding hydrogens is 682 g/mol. The van der Waals surface area contributed by atoms with Gasteiger partial charge in [-0.25, -0.2) is 8.42 Å². The summed E-state index contributed by atoms with van der Waals surface area (Å²) in [6.45, 7) is 2.04. The second-order valence-electron chi connectivity index (χ2n) is 10.9. The lowest BCUT2D eigenvalue weighted by molar-refractivity contribution is -0.140. The molecule has 1 atom stereocenters. The van der Waals surface area contributed by atoms with Crippen LogP contribution in [-0.4, -0.2) is 58.5 Å². The average molecular weight is 723 g/mol. The van der Waals surface area contributed by atoms with Crippen molar-refractivity contribution in [2.75, 3.05) is 31.6 Å². The molecule has 1 N–H and O–H groups in total. The molecule has 2 amide bonds. The first kappa shape index (κ1) is 35.5. The lowest BCUT2D eigenvalue weighted by atomic mass is 10.0. The molecule has 1 unspecified atom stereocenters. The molecule has 0 aliphatic heterocycles. The highest BCUT2D eigenvalue weighted by molar-refractivity contribution is 9.10. The summed E-state index contributed by atoms with van der Waals surface area (Å²) in [5.74, 6) is -0.238. The molecular formula is C36H40BrN3O6S. The van der Waals surface area contributed by atoms with Crippen molar-refractivity contribution in [2.45, 2.75) is 43.7 Å². The van der Waals surface area contributed by atoms with Gasteiger partial charge in [0.1, 0.15) is 12.6 Å². The number of rotatable bonds is 16. The molecule has 0 fully saturated rings. The summed E-state index contributed by atoms with van der Waals surface area (Å²) < 4.78 is 41.2. The number of nitrogens with zero attached hydrogens (tertiary/aromatic N) is 2. The number of nitrogens with one attached hydrogen (secondary N) is 1. The van der Waals surface area contributed by atoms with E-state index in [2.05, 4.69) is 21.2 Å². The molecule has 4 aromatic rings. The second kappa shape index (κ2) is 17.0. The van der Waals surface area contributed by atoms with Gasteiger partial charge in [0.2, 0.25) is 11.8 Å². The summed E-state index contributed by atoms with van der Waals surface area (Å²) in [4.78, 5) is 29.8. The van der Waals surface area contributed by atoms with Gasteiger partial charge in [0.25, 0.3) is 10.0 Å². The smallest absolute Gasteiger partial charge is 0.264 e. The Kier molecular flexibility index (Phi) is 12.8. The highest BCUT2D eigenvalue weighted by Crippen LogP contribution is 2.32. The molecule has 9 nitrogen and oxygen atoms in total. The minimum atomic E-state index is -4.30. The zero-order valence-corrected chi connectivity index (χ0v) is 29.2. The number of benzene rings is 4. The molecule has 4 rings (SSSR count). The summed E-state index contributed by atoms with van der Waals surface area (Å²) in [5, 5.41) is 3.00. The number of halogens is 1. The van der Waals surface area contributed by atoms with Gasteiger partial charge in [0.15, 0.2) is 11.5 Å². The Labute approximate surface area is 285 Å². The van der Waals surface area contributed by atoms with Crippen LogP contribution in [0.2, 0.25) is 0 Å². The van der Waals surface area contributed by atoms with Crippen molar-refractivity contribution in [2.24, 2.45) is 0 Å². The molecule has 0 spiro atoms. The Hall–Kier alpha value is -4.35. The van der Waals surface area contributed by atoms with Gasteiger partial charge < -0.3 is 19.7 Å². The van der Waals surface area contributed by atoms with Gasteiger partial charge in [-0.05, 0) is 53.9 Å². The Balaban J connectivity index is 1.79. The summed E-state index contributed by atoms with van der Waals surface area (Å²) in [6, 6.07) is 28.8. The number of hydrogen-bond acceptors (Lipinski definition) is 6. The fourth-order valence-electron chi connectivity index (χ4n) is 5.07. The third kappa shape index (κ3) is 9.36. The zero-order chi connectivity index (χ0) is 33.8. The molecule has 4 aromatic carbocycles. The number of ether oxygens (including phenoxy) is 2. The largest absolute Gasteiger partial charge is 0.493 e. The van der Waals surface area contributed by atoms with E-state index in [0.717, 1.165) is 32.7 Å². The third-order valence-corrected chi connectivity index (χ3v) is 9.93. The van der Waals surface area contributed by atoms with E-state index in [1.54, 1.807) is 30.3 Å². The van der Waals surface area contributed by atoms with Crippen LogP contribution in [-0.2, 0) is 32.6 Å². The predicted molar refractivity (Wildman–Crippen MR) is 187 cm³/mol. The number of para-hydroxylation sites is 1. The van der Waals surface area contributed by atoms with Crippen molar-refractivity contribution in [3.8, 4) is 11.5 Å². The van der Waals surface area contributed by atoms with Crippen LogP contribution in [0, 0.1) is 0 Å². The van der Waals surface area contributed by atoms with Crippen molar-refractivity contribution in [3.05, 3.63) is 119 Å². The molecule has 47 heavy (non-hydrogen) atoms. The predicted octanol–water partition coefficient (Wildman–Crippen LogP) is 6.22. The van der Waals surface area contributed by atoms with Crippen LogP contribution in [0.25, 0.3) is 0 Å². The summed E-state index contributed by atoms with van der Waals surface area (Å²) >= 11 is 3.46. The van der Waals surface area contributed by atoms with E-state index >= 15 is 0 Å². The highest BCUT2D eigenvalue weighted by atomic mass is 79.9. The van der Waals surface area contributed by atoms with E-state index in [1.807, 2.05) is 61.5 Å². The molecule has 0 aliphatic carbocycles. The molecule has 0 bridgehead atoms. The topological polar surface area (TPSA) is 105 Å². The van der Waals surface area contributed by atoms with Crippen molar-refractivity contribution in [3.63, 3.8) is 0 Å². The first-order chi connectivity index (χ1) is 22.7. The Morgan fingerprint density at radius 2 is 1.47 bits per heavy atom. The maximum absolute atomic E-state index is 14.6. The van der Waals surface area contributed by atoms with Gasteiger partial charge in [-0.15, -0.1) is 0 Å². The van der Waals surface area contributed by atoms with Crippen LogP contribution in [0.4, 0.5) is 5.69 Å². The third-order valence-electron chi connectivity index (χ3n) is 7.63. The van der Waals surface area contributed by atoms with Crippen molar-refractivity contribution >= 4 is 43.5 Å². The molecule has 0 heterocycles. The van der Waals surface area contributed by atoms with Crippen molar-refractivity contribution in [1.82, 2.24) is 10.2 Å². The maximum atomic E-state index is 14.6. The van der Waals surface area contributed by atoms with E-state index in [-0.39, 0.29) is 29.5 Å². The van der Waals surface area contributed by atoms with E-state index in [0.29, 0.717) is 18.0 Å². The number of sulfonamides is 1. The van der Waals surface area contributed by atoms with E-state index in [1.165, 1.54) is 37.3 Å². The van der Waals surface area contributed by atoms with Gasteiger partial charge >= 0.3 is 0 Å². The quantitative estimate of drug-likeness (QED) is 0.138. The van der Waals surface area contributed by atoms with Gasteiger partial charge in [0, 0.05) is 30.0 Å². The normalized spacial score (nSPS) is 11.7. The first-order valence-corrected chi connectivity index (χ1v) is 17.6. The van der Waals surface area contributed by atoms with Crippen LogP contribution in [0.15, 0.2) is 112 Å². The lowest BCUT2D eigenvalue weighted by Gasteiger charge is -2.34. The van der Waals surface area contributed by atoms with Crippen molar-refractivity contribution in [1.29, 1.82) is 0 Å². The van der Waals surface area contributed by atoms with Crippen LogP contribution >= 0.6 is 15.9 Å². The fraction of sp³-hybridized carbons (Fsp3) is 0.278. The Morgan fingerprint density at radius 3 is 2.09 bits per heavy atom. The summed E-state index contributed by atoms with van der Waals surface area (Å²) in [5.41, 5.74) is 1.95. The zero-order valence-electron chi connectivity index (χ0n) is 26.8. The van der Waals surface area contributed by atoms with Gasteiger partial charge in [0.05, 0.1) is 24.8 Å². The number of hydrogen-bond donors (Lipinski definition) is 1. The van der Waals surface area contributed by atoms with Gasteiger partial charge in [-0.2, -0.15) is 0 Å². The van der Waals surface area contributed by atoms with E-state index < -0.39 is 28.5 Å². The Morgan fingerprint density at radius 1 is 0.830 bits per heavy atom. The second-order valence-corrected chi connectivity index (χ2v) is 13.6. The van der Waals surface area contributed by atoms with E-state index in [4.69, 9.17) is 9.47 Å². The lowest BCUT2D eigenvalue weighted by Crippen LogP contribution is -2.53. The monoisotopic (exact) mass is 721 g/mol. The number of methoxy groups -OCH3 is 2. The molecule has 248 valence electrons. The van der Waals surface area contributed by atoms with Crippen LogP contribution in [0.5, 0.6) is 11.5 Å². The standard InChI is InChI=1S/C36H40BrN3O6S/c1-4-5-22-38-36(42)32(23-27-12-8-6-9-13-27)39(25-28-16-18-29(37)19-17-28)35(41)26-40(30-14-10-7-11-15-30)47(43,44)31-20-21-33(45-2)34(24-31)46-3/h6-21,24,32H,4-5,22-23,25-26H2,1-3H3,(H,38,42).